The molecule has 0 heterocycles. The van der Waals surface area contributed by atoms with Crippen LogP contribution < -0.4 is 10.4 Å². The molecule has 0 N–H and O–H groups in total. The molecule has 2 aromatic rings. The Bertz CT molecular complexity index is 1800. The van der Waals surface area contributed by atoms with Crippen molar-refractivity contribution in [1.82, 2.24) is 0 Å². The summed E-state index contributed by atoms with van der Waals surface area (Å²) in [5.41, 5.74) is 12.2. The van der Waals surface area contributed by atoms with Crippen molar-refractivity contribution in [1.29, 1.82) is 0 Å². The number of benzene rings is 2. The summed E-state index contributed by atoms with van der Waals surface area (Å²) in [5, 5.41) is 3.16. The molecule has 0 bridgehead atoms. The fraction of sp³-hybridized carbons (Fsp3) is 0.517. The van der Waals surface area contributed by atoms with E-state index >= 15 is 0 Å². The zero-order chi connectivity index (χ0) is 48.0. The molecule has 6 heteroatoms. The summed E-state index contributed by atoms with van der Waals surface area (Å²) < 4.78 is 0. The third-order valence-electron chi connectivity index (χ3n) is 10.7. The Morgan fingerprint density at radius 1 is 0.375 bits per heavy atom. The van der Waals surface area contributed by atoms with Gasteiger partial charge in [0.05, 0.1) is 0 Å². The molecule has 0 aliphatic heterocycles. The Morgan fingerprint density at radius 3 is 0.625 bits per heavy atom. The third kappa shape index (κ3) is 24.4. The van der Waals surface area contributed by atoms with Crippen molar-refractivity contribution in [3.05, 3.63) is 154 Å². The number of halogens is 2. The average molecular weight is 1270 g/mol. The Hall–Kier alpha value is -0.886. The van der Waals surface area contributed by atoms with E-state index in [2.05, 4.69) is 261 Å². The monoisotopic (exact) mass is 1270 g/mol. The summed E-state index contributed by atoms with van der Waals surface area (Å²) in [7, 11) is 0. The molecule has 0 saturated carbocycles. The van der Waals surface area contributed by atoms with Gasteiger partial charge in [-0.15, -0.1) is 24.8 Å². The maximum atomic E-state index is 3.40. The molecule has 0 fully saturated rings. The molecule has 0 aromatic heterocycles. The van der Waals surface area contributed by atoms with Crippen LogP contribution in [0.3, 0.4) is 0 Å². The standard InChI is InChI=1S/4C11H17.2C7H8Si.2ClH.2Hf/c4*1-8-6-9(2)10(7-8)11(3,4)5;2*1-8-7-5-3-2-4-6-7;;;;/h4*7-8H,1-5H3;2*2-6H,1H3;2*1H;;/q4*-1;;;;;2*+2. The fourth-order valence-electron chi connectivity index (χ4n) is 7.97. The summed E-state index contributed by atoms with van der Waals surface area (Å²) in [4.78, 5) is 0. The first-order chi connectivity index (χ1) is 28.2. The van der Waals surface area contributed by atoms with Crippen molar-refractivity contribution >= 4 is 46.2 Å². The predicted octanol–water partition coefficient (Wildman–Crippen LogP) is 16.4. The van der Waals surface area contributed by atoms with Gasteiger partial charge in [0.15, 0.2) is 0 Å². The van der Waals surface area contributed by atoms with E-state index in [0.29, 0.717) is 45.3 Å². The summed E-state index contributed by atoms with van der Waals surface area (Å²) in [6.45, 7) is 49.1. The van der Waals surface area contributed by atoms with Crippen LogP contribution in [0.15, 0.2) is 130 Å². The van der Waals surface area contributed by atoms with E-state index in [9.17, 15) is 0 Å². The van der Waals surface area contributed by atoms with Gasteiger partial charge in [-0.25, -0.2) is 22.3 Å². The van der Waals surface area contributed by atoms with E-state index < -0.39 is 0 Å². The molecule has 348 valence electrons. The smallest absolute Gasteiger partial charge is 0.147 e. The zero-order valence-electron chi connectivity index (χ0n) is 44.2. The van der Waals surface area contributed by atoms with Gasteiger partial charge in [0.1, 0.15) is 0 Å². The van der Waals surface area contributed by atoms with Crippen molar-refractivity contribution < 1.29 is 46.0 Å². The third-order valence-corrected chi connectivity index (χ3v) is 19.3. The molecule has 4 unspecified atom stereocenters. The Morgan fingerprint density at radius 2 is 0.547 bits per heavy atom. The molecule has 4 atom stereocenters. The molecule has 0 radical (unpaired) electrons. The van der Waals surface area contributed by atoms with Crippen molar-refractivity contribution in [3.8, 4) is 0 Å². The van der Waals surface area contributed by atoms with Crippen LogP contribution in [0, 0.1) is 69.6 Å². The summed E-state index contributed by atoms with van der Waals surface area (Å²) in [6.07, 6.45) is 22.8. The Balaban J connectivity index is 0. The van der Waals surface area contributed by atoms with E-state index in [1.165, 1.54) is 90.6 Å². The van der Waals surface area contributed by atoms with Gasteiger partial charge >= 0.3 is 141 Å². The van der Waals surface area contributed by atoms with Gasteiger partial charge < -0.3 is 0 Å². The fourth-order valence-corrected chi connectivity index (χ4v) is 12.9. The summed E-state index contributed by atoms with van der Waals surface area (Å²) in [6, 6.07) is 21.6. The minimum absolute atomic E-state index is 0. The molecule has 0 nitrogen and oxygen atoms in total. The number of rotatable bonds is 2. The van der Waals surface area contributed by atoms with Crippen LogP contribution >= 0.6 is 24.8 Å². The van der Waals surface area contributed by atoms with E-state index in [1.54, 1.807) is 10.4 Å². The van der Waals surface area contributed by atoms with E-state index in [1.807, 2.05) is 0 Å². The van der Waals surface area contributed by atoms with E-state index in [-0.39, 0.29) is 35.8 Å². The maximum absolute atomic E-state index is 3.40. The second-order valence-corrected chi connectivity index (χ2v) is 41.4. The topological polar surface area (TPSA) is 0 Å². The predicted molar refractivity (Wildman–Crippen MR) is 286 cm³/mol. The molecule has 0 saturated heterocycles. The molecular weight excluding hydrogens is 1180 g/mol. The van der Waals surface area contributed by atoms with Crippen LogP contribution in [-0.2, 0) is 46.0 Å². The number of hydrogen-bond acceptors (Lipinski definition) is 0. The SMILES string of the molecule is CC1=[C-]C(C)C=C1C(C)(C)C.CC1=[C-]C(C)C=C1C(C)(C)C.CC1=[C-]C(C)C=C1C(C)(C)C.CC1=[C-]C(C)C=C1C(C)(C)C.C[Si](=[Hf+2])c1ccccc1.C[Si](=[Hf+2])c1ccccc1.Cl.Cl. The second kappa shape index (κ2) is 29.2. The number of allylic oxidation sites excluding steroid dienone is 16. The van der Waals surface area contributed by atoms with Gasteiger partial charge in [-0.3, -0.25) is 24.3 Å². The van der Waals surface area contributed by atoms with E-state index in [0.717, 1.165) is 0 Å². The molecule has 64 heavy (non-hydrogen) atoms. The Kier molecular flexibility index (Phi) is 29.8. The second-order valence-electron chi connectivity index (χ2n) is 21.5. The minimum Gasteiger partial charge on any atom is -0.147 e. The van der Waals surface area contributed by atoms with Gasteiger partial charge in [-0.05, 0) is 0 Å². The minimum atomic E-state index is -0.0733. The van der Waals surface area contributed by atoms with Gasteiger partial charge in [0.25, 0.3) is 0 Å². The molecule has 4 aliphatic carbocycles. The first-order valence-corrected chi connectivity index (χ1v) is 37.6. The average Bonchev–Trinajstić information content (AvgIpc) is 3.89. The Labute approximate surface area is 438 Å². The van der Waals surface area contributed by atoms with Crippen LogP contribution in [0.1, 0.15) is 138 Å². The van der Waals surface area contributed by atoms with Crippen molar-refractivity contribution in [2.24, 2.45) is 45.3 Å². The van der Waals surface area contributed by atoms with Gasteiger partial charge in [0.2, 0.25) is 0 Å². The van der Waals surface area contributed by atoms with Crippen molar-refractivity contribution in [2.75, 3.05) is 0 Å². The van der Waals surface area contributed by atoms with E-state index in [4.69, 9.17) is 0 Å². The normalized spacial score (nSPS) is 19.8. The molecule has 6 rings (SSSR count). The van der Waals surface area contributed by atoms with Crippen LogP contribution in [0.2, 0.25) is 13.1 Å². The quantitative estimate of drug-likeness (QED) is 0.208. The van der Waals surface area contributed by atoms with Crippen LogP contribution in [-0.4, -0.2) is 11.0 Å². The molecule has 0 amide bonds. The zero-order valence-corrected chi connectivity index (χ0v) is 55.0. The first kappa shape index (κ1) is 65.2. The molecule has 2 aromatic carbocycles. The first-order valence-electron chi connectivity index (χ1n) is 22.8. The molecular formula is C58H86Cl2Hf2Si2. The van der Waals surface area contributed by atoms with Gasteiger partial charge in [-0.2, -0.15) is 46.6 Å². The summed E-state index contributed by atoms with van der Waals surface area (Å²) in [5.74, 6) is 2.07. The number of hydrogen-bond donors (Lipinski definition) is 0. The van der Waals surface area contributed by atoms with Crippen LogP contribution in [0.5, 0.6) is 0 Å². The van der Waals surface area contributed by atoms with Crippen LogP contribution in [0.25, 0.3) is 0 Å². The van der Waals surface area contributed by atoms with Gasteiger partial charge in [0, 0.05) is 0 Å². The maximum Gasteiger partial charge on any atom is -0.147 e. The molecule has 4 aliphatic rings. The van der Waals surface area contributed by atoms with Crippen molar-refractivity contribution in [2.45, 2.75) is 152 Å². The van der Waals surface area contributed by atoms with Crippen LogP contribution in [0.4, 0.5) is 0 Å². The van der Waals surface area contributed by atoms with Crippen molar-refractivity contribution in [3.63, 3.8) is 0 Å². The summed E-state index contributed by atoms with van der Waals surface area (Å²) >= 11 is 2.72. The van der Waals surface area contributed by atoms with Gasteiger partial charge in [-0.1, -0.05) is 184 Å². The molecule has 0 spiro atoms. The largest absolute Gasteiger partial charge is 0.147 e.